The van der Waals surface area contributed by atoms with E-state index >= 15 is 0 Å². The Labute approximate surface area is 181 Å². The third-order valence-electron chi connectivity index (χ3n) is 6.26. The zero-order valence-corrected chi connectivity index (χ0v) is 17.9. The summed E-state index contributed by atoms with van der Waals surface area (Å²) in [6, 6.07) is 17.9. The Hall–Kier alpha value is -2.92. The summed E-state index contributed by atoms with van der Waals surface area (Å²) < 4.78 is 1.65. The molecule has 1 aromatic heterocycles. The maximum Gasteiger partial charge on any atom is 0.250 e. The molecule has 4 rings (SSSR count). The second-order valence-electron chi connectivity index (χ2n) is 8.24. The first-order chi connectivity index (χ1) is 14.4. The number of nitrogens with zero attached hydrogens (tertiary/aromatic N) is 3. The van der Waals surface area contributed by atoms with Crippen LogP contribution in [-0.4, -0.2) is 20.9 Å². The number of primary amides is 1. The molecule has 3 aromatic rings. The molecule has 6 heteroatoms. The molecule has 2 aromatic carbocycles. The minimum atomic E-state index is -1.20. The fraction of sp³-hybridized carbons (Fsp3) is 0.292. The van der Waals surface area contributed by atoms with Gasteiger partial charge in [0.25, 0.3) is 0 Å². The number of hydrogen-bond acceptors (Lipinski definition) is 3. The zero-order valence-electron chi connectivity index (χ0n) is 17.2. The number of carbonyl (C=O) groups is 1. The van der Waals surface area contributed by atoms with E-state index in [1.165, 1.54) is 5.56 Å². The number of aryl methyl sites for hydroxylation is 1. The summed E-state index contributed by atoms with van der Waals surface area (Å²) >= 11 is 6.66. The smallest absolute Gasteiger partial charge is 0.250 e. The number of amides is 1. The monoisotopic (exact) mass is 420 g/mol. The van der Waals surface area contributed by atoms with E-state index in [0.29, 0.717) is 10.5 Å². The second kappa shape index (κ2) is 7.73. The number of benzene rings is 2. The van der Waals surface area contributed by atoms with E-state index in [-0.39, 0.29) is 0 Å². The number of halogens is 1. The largest absolute Gasteiger partial charge is 0.367 e. The van der Waals surface area contributed by atoms with Gasteiger partial charge in [0, 0.05) is 10.4 Å². The summed E-state index contributed by atoms with van der Waals surface area (Å²) in [7, 11) is 0. The number of para-hydroxylation sites is 1. The molecular formula is C24H25ClN4O. The fourth-order valence-corrected chi connectivity index (χ4v) is 4.93. The predicted molar refractivity (Wildman–Crippen MR) is 120 cm³/mol. The van der Waals surface area contributed by atoms with Crippen LogP contribution in [0.5, 0.6) is 0 Å². The molecule has 1 heterocycles. The molecule has 5 nitrogen and oxygen atoms in total. The lowest BCUT2D eigenvalue weighted by Gasteiger charge is -2.46. The molecular weight excluding hydrogens is 396 g/mol. The van der Waals surface area contributed by atoms with Gasteiger partial charge in [-0.3, -0.25) is 4.79 Å². The van der Waals surface area contributed by atoms with Crippen LogP contribution in [0.25, 0.3) is 11.0 Å². The van der Waals surface area contributed by atoms with E-state index in [2.05, 4.69) is 22.4 Å². The predicted octanol–water partition coefficient (Wildman–Crippen LogP) is 4.72. The van der Waals surface area contributed by atoms with Crippen LogP contribution in [0.1, 0.15) is 32.3 Å². The van der Waals surface area contributed by atoms with Crippen molar-refractivity contribution in [3.05, 3.63) is 82.9 Å². The third kappa shape index (κ3) is 3.14. The van der Waals surface area contributed by atoms with Gasteiger partial charge in [0.1, 0.15) is 5.52 Å². The first-order valence-corrected chi connectivity index (χ1v) is 10.5. The summed E-state index contributed by atoms with van der Waals surface area (Å²) in [6.45, 7) is 4.02. The van der Waals surface area contributed by atoms with Crippen LogP contribution in [0.2, 0.25) is 0 Å². The zero-order chi connectivity index (χ0) is 21.4. The molecule has 1 aliphatic rings. The van der Waals surface area contributed by atoms with E-state index in [9.17, 15) is 4.79 Å². The van der Waals surface area contributed by atoms with Crippen molar-refractivity contribution in [1.29, 1.82) is 0 Å². The highest BCUT2D eigenvalue weighted by Gasteiger charge is 2.55. The lowest BCUT2D eigenvalue weighted by atomic mass is 9.63. The van der Waals surface area contributed by atoms with Crippen LogP contribution in [0.15, 0.2) is 77.4 Å². The van der Waals surface area contributed by atoms with E-state index in [0.717, 1.165) is 30.4 Å². The Morgan fingerprint density at radius 2 is 1.77 bits per heavy atom. The summed E-state index contributed by atoms with van der Waals surface area (Å²) in [6.07, 6.45) is 6.17. The number of aromatic nitrogens is 3. The molecule has 1 amide bonds. The van der Waals surface area contributed by atoms with Crippen LogP contribution in [-0.2, 0) is 16.8 Å². The van der Waals surface area contributed by atoms with Gasteiger partial charge in [-0.15, -0.1) is 5.10 Å². The maximum absolute atomic E-state index is 13.0. The Morgan fingerprint density at radius 1 is 1.07 bits per heavy atom. The molecule has 30 heavy (non-hydrogen) atoms. The van der Waals surface area contributed by atoms with Gasteiger partial charge in [-0.05, 0) is 54.7 Å². The number of nitrogens with two attached hydrogens (primary N) is 1. The molecule has 0 fully saturated rings. The lowest BCUT2D eigenvalue weighted by Crippen LogP contribution is -2.57. The molecule has 0 radical (unpaired) electrons. The number of fused-ring (bicyclic) bond motifs is 1. The van der Waals surface area contributed by atoms with Gasteiger partial charge in [0.2, 0.25) is 5.91 Å². The van der Waals surface area contributed by atoms with Crippen LogP contribution in [0, 0.1) is 5.41 Å². The van der Waals surface area contributed by atoms with Crippen molar-refractivity contribution in [1.82, 2.24) is 15.0 Å². The lowest BCUT2D eigenvalue weighted by molar-refractivity contribution is -0.129. The summed E-state index contributed by atoms with van der Waals surface area (Å²) in [5.41, 5.74) is 7.91. The summed E-state index contributed by atoms with van der Waals surface area (Å²) in [5, 5.41) is 9.26. The van der Waals surface area contributed by atoms with E-state index in [1.807, 2.05) is 56.3 Å². The number of hydrogen-bond donors (Lipinski definition) is 1. The minimum Gasteiger partial charge on any atom is -0.367 e. The van der Waals surface area contributed by atoms with Gasteiger partial charge >= 0.3 is 0 Å². The van der Waals surface area contributed by atoms with Crippen molar-refractivity contribution in [3.8, 4) is 0 Å². The van der Waals surface area contributed by atoms with Crippen LogP contribution < -0.4 is 5.73 Å². The molecule has 1 aliphatic carbocycles. The number of rotatable bonds is 6. The van der Waals surface area contributed by atoms with Gasteiger partial charge in [-0.2, -0.15) is 0 Å². The SMILES string of the molecule is CC1(C)C(CCCc2ccccc2)=C(Cl)C=CC1(C(N)=O)n1nnc2ccccc21. The molecule has 0 bridgehead atoms. The van der Waals surface area contributed by atoms with E-state index in [4.69, 9.17) is 17.3 Å². The van der Waals surface area contributed by atoms with Gasteiger partial charge in [0.15, 0.2) is 5.54 Å². The Kier molecular flexibility index (Phi) is 5.24. The van der Waals surface area contributed by atoms with Crippen LogP contribution >= 0.6 is 11.6 Å². The highest BCUT2D eigenvalue weighted by atomic mass is 35.5. The van der Waals surface area contributed by atoms with E-state index in [1.54, 1.807) is 16.8 Å². The minimum absolute atomic E-state index is 0.482. The van der Waals surface area contributed by atoms with Gasteiger partial charge in [-0.1, -0.05) is 73.1 Å². The first kappa shape index (κ1) is 20.4. The second-order valence-corrected chi connectivity index (χ2v) is 8.65. The van der Waals surface area contributed by atoms with Crippen molar-refractivity contribution in [2.75, 3.05) is 0 Å². The molecule has 0 saturated carbocycles. The highest BCUT2D eigenvalue weighted by molar-refractivity contribution is 6.32. The Bertz CT molecular complexity index is 1150. The van der Waals surface area contributed by atoms with Gasteiger partial charge in [0.05, 0.1) is 5.52 Å². The summed E-state index contributed by atoms with van der Waals surface area (Å²) in [4.78, 5) is 13.0. The molecule has 0 aliphatic heterocycles. The Balaban J connectivity index is 1.73. The van der Waals surface area contributed by atoms with Crippen molar-refractivity contribution >= 4 is 28.5 Å². The van der Waals surface area contributed by atoms with Crippen molar-refractivity contribution in [2.45, 2.75) is 38.6 Å². The maximum atomic E-state index is 13.0. The molecule has 1 unspecified atom stereocenters. The fourth-order valence-electron chi connectivity index (χ4n) is 4.54. The summed E-state index contributed by atoms with van der Waals surface area (Å²) in [5.74, 6) is -0.482. The molecule has 0 spiro atoms. The number of carbonyl (C=O) groups excluding carboxylic acids is 1. The van der Waals surface area contributed by atoms with Crippen molar-refractivity contribution in [3.63, 3.8) is 0 Å². The molecule has 154 valence electrons. The Morgan fingerprint density at radius 3 is 2.50 bits per heavy atom. The topological polar surface area (TPSA) is 73.8 Å². The van der Waals surface area contributed by atoms with E-state index < -0.39 is 16.9 Å². The highest BCUT2D eigenvalue weighted by Crippen LogP contribution is 2.51. The molecule has 2 N–H and O–H groups in total. The first-order valence-electron chi connectivity index (χ1n) is 10.1. The molecule has 1 atom stereocenters. The van der Waals surface area contributed by atoms with Crippen molar-refractivity contribution < 1.29 is 4.79 Å². The third-order valence-corrected chi connectivity index (χ3v) is 6.62. The van der Waals surface area contributed by atoms with Crippen LogP contribution in [0.3, 0.4) is 0 Å². The van der Waals surface area contributed by atoms with Gasteiger partial charge < -0.3 is 5.73 Å². The van der Waals surface area contributed by atoms with Crippen LogP contribution in [0.4, 0.5) is 0 Å². The standard InChI is InChI=1S/C24H25ClN4O/c1-23(2)18(12-8-11-17-9-4-3-5-10-17)19(25)15-16-24(23,22(26)30)29-21-14-7-6-13-20(21)27-28-29/h3-7,9-10,13-16H,8,11-12H2,1-2H3,(H2,26,30). The average Bonchev–Trinajstić information content (AvgIpc) is 3.15. The quantitative estimate of drug-likeness (QED) is 0.626. The van der Waals surface area contributed by atoms with Gasteiger partial charge in [-0.25, -0.2) is 4.68 Å². The molecule has 0 saturated heterocycles. The van der Waals surface area contributed by atoms with Crippen molar-refractivity contribution in [2.24, 2.45) is 11.1 Å². The number of allylic oxidation sites excluding steroid dienone is 3. The average molecular weight is 421 g/mol. The normalized spacial score (nSPS) is 20.6.